The zero-order valence-electron chi connectivity index (χ0n) is 9.64. The molecule has 0 saturated heterocycles. The molecule has 96 valence electrons. The number of aryl methyl sites for hydroxylation is 2. The average molecular weight is 304 g/mol. The van der Waals surface area contributed by atoms with Gasteiger partial charge >= 0.3 is 0 Å². The summed E-state index contributed by atoms with van der Waals surface area (Å²) in [5.41, 5.74) is 0.812. The summed E-state index contributed by atoms with van der Waals surface area (Å²) < 4.78 is 26.4. The molecule has 0 spiro atoms. The van der Waals surface area contributed by atoms with Crippen LogP contribution in [0.3, 0.4) is 0 Å². The summed E-state index contributed by atoms with van der Waals surface area (Å²) in [6.45, 7) is 3.71. The van der Waals surface area contributed by atoms with Gasteiger partial charge in [-0.05, 0) is 26.0 Å². The van der Waals surface area contributed by atoms with Crippen molar-refractivity contribution in [3.8, 4) is 0 Å². The molecule has 2 aromatic heterocycles. The van der Waals surface area contributed by atoms with Gasteiger partial charge in [0.05, 0.1) is 5.69 Å². The van der Waals surface area contributed by atoms with Gasteiger partial charge in [0.2, 0.25) is 0 Å². The molecule has 0 saturated carbocycles. The highest BCUT2D eigenvalue weighted by Crippen LogP contribution is 2.24. The van der Waals surface area contributed by atoms with Crippen LogP contribution in [0.4, 0.5) is 5.13 Å². The number of pyridine rings is 1. The van der Waals surface area contributed by atoms with Crippen LogP contribution in [0.25, 0.3) is 0 Å². The quantitative estimate of drug-likeness (QED) is 0.885. The van der Waals surface area contributed by atoms with E-state index in [1.54, 1.807) is 0 Å². The topological polar surface area (TPSA) is 72.0 Å². The van der Waals surface area contributed by atoms with Gasteiger partial charge in [0.25, 0.3) is 10.0 Å². The van der Waals surface area contributed by atoms with Gasteiger partial charge in [0.1, 0.15) is 10.0 Å². The van der Waals surface area contributed by atoms with Crippen LogP contribution in [0.5, 0.6) is 0 Å². The molecule has 0 fully saturated rings. The van der Waals surface area contributed by atoms with E-state index in [1.807, 2.05) is 13.8 Å². The van der Waals surface area contributed by atoms with E-state index in [1.165, 1.54) is 29.7 Å². The lowest BCUT2D eigenvalue weighted by atomic mass is 10.4. The first-order valence-electron chi connectivity index (χ1n) is 4.97. The standard InChI is InChI=1S/C10H10ClN3O2S2/c1-6-7(2)17-10(13-6)14-18(15,16)8-3-4-9(11)12-5-8/h3-5H,1-2H3,(H,13,14). The van der Waals surface area contributed by atoms with Crippen molar-refractivity contribution in [3.63, 3.8) is 0 Å². The number of rotatable bonds is 3. The van der Waals surface area contributed by atoms with Crippen molar-refractivity contribution in [2.24, 2.45) is 0 Å². The summed E-state index contributed by atoms with van der Waals surface area (Å²) in [6.07, 6.45) is 1.21. The van der Waals surface area contributed by atoms with Crippen molar-refractivity contribution in [2.75, 3.05) is 4.72 Å². The van der Waals surface area contributed by atoms with Gasteiger partial charge in [-0.25, -0.2) is 18.4 Å². The summed E-state index contributed by atoms with van der Waals surface area (Å²) in [4.78, 5) is 8.89. The van der Waals surface area contributed by atoms with Gasteiger partial charge < -0.3 is 0 Å². The third kappa shape index (κ3) is 2.80. The second-order valence-corrected chi connectivity index (χ2v) is 6.86. The minimum atomic E-state index is -3.66. The second kappa shape index (κ2) is 4.83. The first-order valence-corrected chi connectivity index (χ1v) is 7.64. The maximum absolute atomic E-state index is 12.0. The number of hydrogen-bond donors (Lipinski definition) is 1. The summed E-state index contributed by atoms with van der Waals surface area (Å²) in [5, 5.41) is 0.592. The monoisotopic (exact) mass is 303 g/mol. The molecule has 1 N–H and O–H groups in total. The fourth-order valence-electron chi connectivity index (χ4n) is 1.21. The highest BCUT2D eigenvalue weighted by atomic mass is 35.5. The first-order chi connectivity index (χ1) is 8.38. The van der Waals surface area contributed by atoms with Crippen LogP contribution in [-0.4, -0.2) is 18.4 Å². The lowest BCUT2D eigenvalue weighted by Gasteiger charge is -2.04. The lowest BCUT2D eigenvalue weighted by Crippen LogP contribution is -2.12. The van der Waals surface area contributed by atoms with Crippen molar-refractivity contribution < 1.29 is 8.42 Å². The molecule has 2 heterocycles. The van der Waals surface area contributed by atoms with Gasteiger partial charge in [-0.15, -0.1) is 11.3 Å². The molecular weight excluding hydrogens is 294 g/mol. The molecule has 0 radical (unpaired) electrons. The number of nitrogens with one attached hydrogen (secondary N) is 1. The van der Waals surface area contributed by atoms with Crippen molar-refractivity contribution in [2.45, 2.75) is 18.7 Å². The average Bonchev–Trinajstić information content (AvgIpc) is 2.57. The predicted octanol–water partition coefficient (Wildman–Crippen LogP) is 2.61. The maximum Gasteiger partial charge on any atom is 0.265 e. The van der Waals surface area contributed by atoms with Crippen LogP contribution < -0.4 is 4.72 Å². The maximum atomic E-state index is 12.0. The zero-order valence-corrected chi connectivity index (χ0v) is 12.0. The molecule has 18 heavy (non-hydrogen) atoms. The number of nitrogens with zero attached hydrogens (tertiary/aromatic N) is 2. The number of aromatic nitrogens is 2. The van der Waals surface area contributed by atoms with Crippen LogP contribution in [0.2, 0.25) is 5.15 Å². The molecule has 0 bridgehead atoms. The Bertz CT molecular complexity index is 645. The van der Waals surface area contributed by atoms with Crippen molar-refractivity contribution in [1.29, 1.82) is 0 Å². The highest BCUT2D eigenvalue weighted by Gasteiger charge is 2.17. The van der Waals surface area contributed by atoms with Crippen LogP contribution in [0.1, 0.15) is 10.6 Å². The van der Waals surface area contributed by atoms with Crippen LogP contribution in [0, 0.1) is 13.8 Å². The Hall–Kier alpha value is -1.18. The molecule has 0 unspecified atom stereocenters. The summed E-state index contributed by atoms with van der Waals surface area (Å²) in [6, 6.07) is 2.82. The van der Waals surface area contributed by atoms with Crippen LogP contribution >= 0.6 is 22.9 Å². The summed E-state index contributed by atoms with van der Waals surface area (Å²) in [5.74, 6) is 0. The van der Waals surface area contributed by atoms with Crippen LogP contribution in [0.15, 0.2) is 23.2 Å². The fourth-order valence-corrected chi connectivity index (χ4v) is 3.32. The Morgan fingerprint density at radius 2 is 2.06 bits per heavy atom. The summed E-state index contributed by atoms with van der Waals surface area (Å²) in [7, 11) is -3.66. The number of hydrogen-bond acceptors (Lipinski definition) is 5. The molecule has 2 rings (SSSR count). The number of thiazole rings is 1. The van der Waals surface area contributed by atoms with Gasteiger partial charge in [-0.2, -0.15) is 0 Å². The molecule has 0 aliphatic rings. The molecule has 0 amide bonds. The summed E-state index contributed by atoms with van der Waals surface area (Å²) >= 11 is 6.90. The van der Waals surface area contributed by atoms with Gasteiger partial charge in [-0.1, -0.05) is 11.6 Å². The fraction of sp³-hybridized carbons (Fsp3) is 0.200. The Kier molecular flexibility index (Phi) is 3.56. The van der Waals surface area contributed by atoms with Gasteiger partial charge in [0, 0.05) is 11.1 Å². The Labute approximate surface area is 114 Å². The number of anilines is 1. The highest BCUT2D eigenvalue weighted by molar-refractivity contribution is 7.93. The Morgan fingerprint density at radius 3 is 2.56 bits per heavy atom. The number of halogens is 1. The minimum absolute atomic E-state index is 0.0532. The number of sulfonamides is 1. The van der Waals surface area contributed by atoms with Crippen molar-refractivity contribution in [3.05, 3.63) is 34.1 Å². The first kappa shape index (κ1) is 13.3. The van der Waals surface area contributed by atoms with Crippen molar-refractivity contribution in [1.82, 2.24) is 9.97 Å². The van der Waals surface area contributed by atoms with Gasteiger partial charge in [0.15, 0.2) is 5.13 Å². The van der Waals surface area contributed by atoms with E-state index in [9.17, 15) is 8.42 Å². The Balaban J connectivity index is 2.29. The third-order valence-electron chi connectivity index (χ3n) is 2.26. The predicted molar refractivity (Wildman–Crippen MR) is 71.6 cm³/mol. The van der Waals surface area contributed by atoms with Crippen LogP contribution in [-0.2, 0) is 10.0 Å². The van der Waals surface area contributed by atoms with E-state index in [0.717, 1.165) is 10.6 Å². The third-order valence-corrected chi connectivity index (χ3v) is 4.93. The molecule has 0 atom stereocenters. The van der Waals surface area contributed by atoms with E-state index in [0.29, 0.717) is 5.13 Å². The van der Waals surface area contributed by atoms with E-state index in [4.69, 9.17) is 11.6 Å². The largest absolute Gasteiger partial charge is 0.265 e. The normalized spacial score (nSPS) is 11.5. The molecule has 0 aromatic carbocycles. The molecule has 0 aliphatic heterocycles. The minimum Gasteiger partial charge on any atom is -0.255 e. The molecule has 0 aliphatic carbocycles. The molecule has 2 aromatic rings. The molecular formula is C10H10ClN3O2S2. The smallest absolute Gasteiger partial charge is 0.255 e. The van der Waals surface area contributed by atoms with E-state index in [-0.39, 0.29) is 10.0 Å². The SMILES string of the molecule is Cc1nc(NS(=O)(=O)c2ccc(Cl)nc2)sc1C. The van der Waals surface area contributed by atoms with Crippen molar-refractivity contribution >= 4 is 38.1 Å². The van der Waals surface area contributed by atoms with E-state index in [2.05, 4.69) is 14.7 Å². The lowest BCUT2D eigenvalue weighted by molar-refractivity contribution is 0.601. The molecule has 8 heteroatoms. The van der Waals surface area contributed by atoms with E-state index < -0.39 is 10.0 Å². The zero-order chi connectivity index (χ0) is 13.3. The Morgan fingerprint density at radius 1 is 1.33 bits per heavy atom. The van der Waals surface area contributed by atoms with Gasteiger partial charge in [-0.3, -0.25) is 4.72 Å². The second-order valence-electron chi connectivity index (χ2n) is 3.58. The molecule has 5 nitrogen and oxygen atoms in total. The van der Waals surface area contributed by atoms with E-state index >= 15 is 0 Å².